The van der Waals surface area contributed by atoms with Crippen LogP contribution in [0.3, 0.4) is 0 Å². The van der Waals surface area contributed by atoms with E-state index >= 15 is 0 Å². The zero-order valence-corrected chi connectivity index (χ0v) is 20.9. The molecule has 11 heteroatoms. The number of primary amides is 1. The van der Waals surface area contributed by atoms with E-state index in [1.165, 1.54) is 32.6 Å². The van der Waals surface area contributed by atoms with Gasteiger partial charge >= 0.3 is 6.03 Å². The van der Waals surface area contributed by atoms with Crippen molar-refractivity contribution in [2.24, 2.45) is 17.6 Å². The monoisotopic (exact) mass is 512 g/mol. The number of benzene rings is 1. The van der Waals surface area contributed by atoms with Crippen LogP contribution in [0.2, 0.25) is 0 Å². The summed E-state index contributed by atoms with van der Waals surface area (Å²) in [5.74, 6) is -2.18. The van der Waals surface area contributed by atoms with Crippen LogP contribution in [0.4, 0.5) is 4.79 Å². The number of aliphatic hydroxyl groups excluding tert-OH is 1. The molecule has 2 amide bonds. The summed E-state index contributed by atoms with van der Waals surface area (Å²) < 4.78 is 3.22. The van der Waals surface area contributed by atoms with Gasteiger partial charge in [0.15, 0.2) is 0 Å². The number of thiazole rings is 1. The molecule has 0 aliphatic carbocycles. The van der Waals surface area contributed by atoms with Crippen molar-refractivity contribution in [3.63, 3.8) is 0 Å². The van der Waals surface area contributed by atoms with Crippen molar-refractivity contribution in [3.8, 4) is 0 Å². The number of nitrogens with two attached hydrogens (primary N) is 1. The molecule has 1 aromatic carbocycles. The Bertz CT molecular complexity index is 1410. The average Bonchev–Trinajstić information content (AvgIpc) is 3.40. The number of aromatic nitrogens is 2. The Morgan fingerprint density at radius 3 is 2.60 bits per heavy atom. The number of carbonyl (C=O) groups is 3. The lowest BCUT2D eigenvalue weighted by molar-refractivity contribution is -0.515. The largest absolute Gasteiger partial charge is 0.543 e. The SMILES string of the molecule is Cc1c(C2=C(C(=O)[O-])N3C(=O)[C@H]([C@@H](C)O)[C@H]3[C@H]2C)sc2c(SCc3ccccc3)n(C(N)=O)c[n+]12. The second-order valence-corrected chi connectivity index (χ2v) is 10.9. The van der Waals surface area contributed by atoms with Gasteiger partial charge in [0, 0.05) is 17.2 Å². The highest BCUT2D eigenvalue weighted by atomic mass is 32.2. The molecule has 9 nitrogen and oxygen atoms in total. The van der Waals surface area contributed by atoms with Crippen molar-refractivity contribution in [1.29, 1.82) is 0 Å². The number of thioether (sulfide) groups is 1. The van der Waals surface area contributed by atoms with Gasteiger partial charge in [-0.25, -0.2) is 4.79 Å². The van der Waals surface area contributed by atoms with E-state index in [1.54, 1.807) is 13.3 Å². The van der Waals surface area contributed by atoms with Crippen LogP contribution in [0.1, 0.15) is 30.0 Å². The van der Waals surface area contributed by atoms with Crippen LogP contribution in [-0.4, -0.2) is 44.6 Å². The molecule has 1 saturated heterocycles. The number of hydrogen-bond donors (Lipinski definition) is 2. The standard InChI is InChI=1S/C24H24N4O5S2/c1-11-15(18(23(31)32)28-17(11)16(13(3)29)20(28)30)19-12(2)26-10-27(24(25)33)21(22(26)35-19)34-9-14-7-5-4-6-8-14/h4-8,10-11,13,16-17,29H,9H2,1-3H3,(H2-,25,31,32,33)/t11-,13+,16+,17+/m0/s1. The predicted octanol–water partition coefficient (Wildman–Crippen LogP) is 1.13. The highest BCUT2D eigenvalue weighted by molar-refractivity contribution is 7.98. The van der Waals surface area contributed by atoms with Crippen molar-refractivity contribution in [1.82, 2.24) is 9.47 Å². The van der Waals surface area contributed by atoms with Gasteiger partial charge in [-0.1, -0.05) is 60.4 Å². The van der Waals surface area contributed by atoms with Gasteiger partial charge < -0.3 is 25.6 Å². The van der Waals surface area contributed by atoms with Crippen LogP contribution in [0.15, 0.2) is 47.4 Å². The summed E-state index contributed by atoms with van der Waals surface area (Å²) in [6, 6.07) is 8.77. The number of rotatable bonds is 6. The van der Waals surface area contributed by atoms with Gasteiger partial charge in [-0.15, -0.1) is 4.57 Å². The number of nitrogens with zero attached hydrogens (tertiary/aromatic N) is 3. The number of aryl methyl sites for hydroxylation is 1. The summed E-state index contributed by atoms with van der Waals surface area (Å²) in [7, 11) is 0. The third-order valence-corrected chi connectivity index (χ3v) is 9.38. The number of fused-ring (bicyclic) bond motifs is 2. The van der Waals surface area contributed by atoms with E-state index in [4.69, 9.17) is 5.73 Å². The number of hydrogen-bond acceptors (Lipinski definition) is 7. The molecule has 2 aliphatic heterocycles. The minimum absolute atomic E-state index is 0.140. The maximum absolute atomic E-state index is 12.7. The Morgan fingerprint density at radius 1 is 1.31 bits per heavy atom. The first-order chi connectivity index (χ1) is 16.6. The van der Waals surface area contributed by atoms with E-state index in [0.29, 0.717) is 21.2 Å². The van der Waals surface area contributed by atoms with Crippen molar-refractivity contribution < 1.29 is 29.0 Å². The van der Waals surface area contributed by atoms with Crippen LogP contribution < -0.4 is 15.2 Å². The predicted molar refractivity (Wildman–Crippen MR) is 128 cm³/mol. The zero-order chi connectivity index (χ0) is 25.2. The number of imidazole rings is 1. The first kappa shape index (κ1) is 23.6. The quantitative estimate of drug-likeness (QED) is 0.289. The van der Waals surface area contributed by atoms with Gasteiger partial charge in [0.1, 0.15) is 5.69 Å². The second kappa shape index (κ2) is 8.51. The third kappa shape index (κ3) is 3.48. The molecular weight excluding hydrogens is 488 g/mol. The molecule has 0 saturated carbocycles. The highest BCUT2D eigenvalue weighted by Gasteiger charge is 2.59. The summed E-state index contributed by atoms with van der Waals surface area (Å²) in [5, 5.41) is 23.0. The molecular formula is C24H24N4O5S2. The molecule has 182 valence electrons. The van der Waals surface area contributed by atoms with E-state index in [-0.39, 0.29) is 11.6 Å². The summed E-state index contributed by atoms with van der Waals surface area (Å²) in [4.78, 5) is 39.8. The van der Waals surface area contributed by atoms with Crippen LogP contribution in [0.5, 0.6) is 0 Å². The first-order valence-electron chi connectivity index (χ1n) is 11.1. The molecule has 2 aliphatic rings. The van der Waals surface area contributed by atoms with Crippen molar-refractivity contribution in [3.05, 3.63) is 58.5 Å². The van der Waals surface area contributed by atoms with Crippen LogP contribution in [0, 0.1) is 18.8 Å². The topological polar surface area (TPSA) is 133 Å². The number of carboxylic acids is 1. The summed E-state index contributed by atoms with van der Waals surface area (Å²) in [6.07, 6.45) is 0.724. The van der Waals surface area contributed by atoms with Crippen molar-refractivity contribution in [2.45, 2.75) is 43.7 Å². The average molecular weight is 513 g/mol. The molecule has 4 heterocycles. The molecule has 0 radical (unpaired) electrons. The van der Waals surface area contributed by atoms with Gasteiger partial charge in [-0.2, -0.15) is 4.40 Å². The van der Waals surface area contributed by atoms with Gasteiger partial charge in [-0.05, 0) is 19.4 Å². The third-order valence-electron chi connectivity index (χ3n) is 6.81. The van der Waals surface area contributed by atoms with Gasteiger partial charge in [0.25, 0.3) is 6.33 Å². The molecule has 0 unspecified atom stereocenters. The van der Waals surface area contributed by atoms with Gasteiger partial charge in [-0.3, -0.25) is 4.79 Å². The minimum Gasteiger partial charge on any atom is -0.543 e. The molecule has 1 fully saturated rings. The van der Waals surface area contributed by atoms with Crippen LogP contribution >= 0.6 is 23.1 Å². The van der Waals surface area contributed by atoms with Crippen LogP contribution in [-0.2, 0) is 15.3 Å². The van der Waals surface area contributed by atoms with E-state index in [9.17, 15) is 24.6 Å². The fourth-order valence-corrected chi connectivity index (χ4v) is 7.75. The smallest absolute Gasteiger partial charge is 0.411 e. The lowest BCUT2D eigenvalue weighted by atomic mass is 9.77. The molecule has 35 heavy (non-hydrogen) atoms. The van der Waals surface area contributed by atoms with Crippen LogP contribution in [0.25, 0.3) is 10.4 Å². The molecule has 5 rings (SSSR count). The minimum atomic E-state index is -1.42. The lowest BCUT2D eigenvalue weighted by Crippen LogP contribution is -2.64. The molecule has 2 aromatic heterocycles. The Labute approximate surface area is 209 Å². The van der Waals surface area contributed by atoms with E-state index in [1.807, 2.05) is 48.6 Å². The molecule has 0 bridgehead atoms. The van der Waals surface area contributed by atoms with Crippen molar-refractivity contribution in [2.75, 3.05) is 0 Å². The molecule has 0 spiro atoms. The molecule has 4 atom stereocenters. The zero-order valence-electron chi connectivity index (χ0n) is 19.3. The highest BCUT2D eigenvalue weighted by Crippen LogP contribution is 2.51. The maximum atomic E-state index is 12.7. The molecule has 3 N–H and O–H groups in total. The lowest BCUT2D eigenvalue weighted by Gasteiger charge is -2.47. The normalized spacial score (nSPS) is 22.5. The number of aliphatic carboxylic acids is 1. The van der Waals surface area contributed by atoms with Crippen molar-refractivity contribution >= 4 is 51.4 Å². The number of β-lactam (4-membered cyclic amide) rings is 1. The summed E-state index contributed by atoms with van der Waals surface area (Å²) >= 11 is 2.82. The van der Waals surface area contributed by atoms with Gasteiger partial charge in [0.05, 0.1) is 34.6 Å². The summed E-state index contributed by atoms with van der Waals surface area (Å²) in [6.45, 7) is 5.25. The van der Waals surface area contributed by atoms with E-state index < -0.39 is 36.0 Å². The number of carboxylic acid groups (broad SMARTS) is 1. The Morgan fingerprint density at radius 2 is 2.00 bits per heavy atom. The molecule has 3 aromatic rings. The Kier molecular flexibility index (Phi) is 5.73. The second-order valence-electron chi connectivity index (χ2n) is 8.90. The number of aliphatic hydroxyl groups is 1. The van der Waals surface area contributed by atoms with Gasteiger partial charge in [0.2, 0.25) is 15.8 Å². The van der Waals surface area contributed by atoms with E-state index in [2.05, 4.69) is 0 Å². The Hall–Kier alpha value is -3.15. The summed E-state index contributed by atoms with van der Waals surface area (Å²) in [5.41, 5.74) is 7.83. The maximum Gasteiger partial charge on any atom is 0.411 e. The fraction of sp³-hybridized carbons (Fsp3) is 0.333. The number of amides is 2. The Balaban J connectivity index is 1.62. The van der Waals surface area contributed by atoms with E-state index in [0.717, 1.165) is 16.1 Å². The fourth-order valence-electron chi connectivity index (χ4n) is 5.16. The number of carbonyl (C=O) groups excluding carboxylic acids is 3. The first-order valence-corrected chi connectivity index (χ1v) is 12.9.